The Hall–Kier alpha value is -1.41. The summed E-state index contributed by atoms with van der Waals surface area (Å²) in [5.41, 5.74) is 1.23. The van der Waals surface area contributed by atoms with Gasteiger partial charge in [-0.05, 0) is 56.7 Å². The highest BCUT2D eigenvalue weighted by Crippen LogP contribution is 2.26. The number of benzene rings is 2. The normalized spacial score (nSPS) is 14.3. The fourth-order valence-corrected chi connectivity index (χ4v) is 3.04. The summed E-state index contributed by atoms with van der Waals surface area (Å²) in [7, 11) is 1.60. The Balaban J connectivity index is 2.23. The molecule has 7 heteroatoms. The lowest BCUT2D eigenvalue weighted by Gasteiger charge is -2.19. The lowest BCUT2D eigenvalue weighted by Crippen LogP contribution is -2.26. The molecule has 0 amide bonds. The Labute approximate surface area is 171 Å². The highest BCUT2D eigenvalue weighted by Gasteiger charge is 2.27. The van der Waals surface area contributed by atoms with Crippen molar-refractivity contribution in [1.82, 2.24) is 0 Å². The zero-order valence-corrected chi connectivity index (χ0v) is 18.1. The minimum absolute atomic E-state index is 0.245. The van der Waals surface area contributed by atoms with Gasteiger partial charge in [0.2, 0.25) is 0 Å². The molecule has 27 heavy (non-hydrogen) atoms. The predicted molar refractivity (Wildman–Crippen MR) is 111 cm³/mol. The largest absolute Gasteiger partial charge is 0.591 e. The molecule has 2 rings (SSSR count). The van der Waals surface area contributed by atoms with Crippen LogP contribution in [0.3, 0.4) is 0 Å². The lowest BCUT2D eigenvalue weighted by atomic mass is 10.1. The minimum Gasteiger partial charge on any atom is -0.591 e. The van der Waals surface area contributed by atoms with Gasteiger partial charge in [-0.2, -0.15) is 0 Å². The summed E-state index contributed by atoms with van der Waals surface area (Å²) in [6.07, 6.45) is 0.645. The van der Waals surface area contributed by atoms with E-state index in [1.54, 1.807) is 19.2 Å². The molecule has 2 aromatic rings. The summed E-state index contributed by atoms with van der Waals surface area (Å²) >= 11 is 1.89. The van der Waals surface area contributed by atoms with Gasteiger partial charge in [0.1, 0.15) is 33.8 Å². The van der Waals surface area contributed by atoms with Crippen LogP contribution < -0.4 is 4.74 Å². The monoisotopic (exact) mass is 455 g/mol. The second kappa shape index (κ2) is 9.68. The molecular weight excluding hydrogens is 433 g/mol. The van der Waals surface area contributed by atoms with Crippen molar-refractivity contribution in [3.8, 4) is 5.75 Å². The van der Waals surface area contributed by atoms with E-state index in [1.807, 2.05) is 45.0 Å². The van der Waals surface area contributed by atoms with Gasteiger partial charge in [-0.15, -0.1) is 0 Å². The maximum atomic E-state index is 14.3. The summed E-state index contributed by atoms with van der Waals surface area (Å²) in [6, 6.07) is 12.0. The molecule has 0 bridgehead atoms. The van der Waals surface area contributed by atoms with Gasteiger partial charge >= 0.3 is 0 Å². The summed E-state index contributed by atoms with van der Waals surface area (Å²) in [4.78, 5) is 0. The third kappa shape index (κ3) is 6.60. The molecule has 2 atom stereocenters. The molecule has 4 nitrogen and oxygen atoms in total. The van der Waals surface area contributed by atoms with Crippen LogP contribution in [-0.4, -0.2) is 22.6 Å². The van der Waals surface area contributed by atoms with E-state index in [-0.39, 0.29) is 6.61 Å². The molecule has 0 saturated carbocycles. The Bertz CT molecular complexity index is 778. The van der Waals surface area contributed by atoms with Gasteiger partial charge < -0.3 is 14.0 Å². The van der Waals surface area contributed by atoms with Gasteiger partial charge in [-0.25, -0.2) is 4.39 Å². The van der Waals surface area contributed by atoms with E-state index in [0.717, 1.165) is 15.8 Å². The summed E-state index contributed by atoms with van der Waals surface area (Å²) in [5.74, 6) is 0.335. The van der Waals surface area contributed by atoms with Crippen molar-refractivity contribution in [2.75, 3.05) is 7.11 Å². The van der Waals surface area contributed by atoms with Crippen LogP contribution >= 0.6 is 15.9 Å². The van der Waals surface area contributed by atoms with Crippen molar-refractivity contribution in [3.63, 3.8) is 0 Å². The molecule has 146 valence electrons. The van der Waals surface area contributed by atoms with Crippen molar-refractivity contribution in [2.24, 2.45) is 4.40 Å². The lowest BCUT2D eigenvalue weighted by molar-refractivity contribution is 0.0853. The molecule has 0 fully saturated rings. The number of rotatable bonds is 7. The average Bonchev–Trinajstić information content (AvgIpc) is 2.63. The quantitative estimate of drug-likeness (QED) is 0.415. The SMILES string of the molecule is COc1ccc(COC(C=N[S+]([O-])C(C)(C)C)c2cc(Br)ccc2F)cc1. The molecule has 0 saturated heterocycles. The van der Waals surface area contributed by atoms with E-state index >= 15 is 0 Å². The topological polar surface area (TPSA) is 53.9 Å². The standard InChI is InChI=1S/C20H23BrFNO3S/c1-20(2,3)27(24)23-12-19(17-11-15(21)7-10-18(17)22)26-13-14-5-8-16(25-4)9-6-14/h5-12,19H,13H2,1-4H3. The predicted octanol–water partition coefficient (Wildman–Crippen LogP) is 5.39. The number of hydrogen-bond acceptors (Lipinski definition) is 4. The van der Waals surface area contributed by atoms with Crippen molar-refractivity contribution < 1.29 is 18.4 Å². The summed E-state index contributed by atoms with van der Waals surface area (Å²) < 4.78 is 41.9. The van der Waals surface area contributed by atoms with E-state index in [2.05, 4.69) is 20.3 Å². The molecule has 0 aromatic heterocycles. The van der Waals surface area contributed by atoms with Crippen LogP contribution in [0.2, 0.25) is 0 Å². The van der Waals surface area contributed by atoms with Gasteiger partial charge in [-0.3, -0.25) is 0 Å². The number of methoxy groups -OCH3 is 1. The molecule has 0 aliphatic rings. The highest BCUT2D eigenvalue weighted by molar-refractivity contribution is 9.10. The molecule has 0 spiro atoms. The maximum Gasteiger partial charge on any atom is 0.144 e. The summed E-state index contributed by atoms with van der Waals surface area (Å²) in [5, 5.41) is 0. The Morgan fingerprint density at radius 2 is 1.89 bits per heavy atom. The van der Waals surface area contributed by atoms with Gasteiger partial charge in [0.15, 0.2) is 0 Å². The number of ether oxygens (including phenoxy) is 2. The zero-order chi connectivity index (χ0) is 20.0. The molecule has 0 aliphatic carbocycles. The van der Waals surface area contributed by atoms with Crippen LogP contribution in [-0.2, 0) is 22.7 Å². The fourth-order valence-electron chi connectivity index (χ4n) is 2.12. The van der Waals surface area contributed by atoms with E-state index < -0.39 is 28.0 Å². The molecule has 0 radical (unpaired) electrons. The third-order valence-corrected chi connectivity index (χ3v) is 5.52. The van der Waals surface area contributed by atoms with E-state index in [0.29, 0.717) is 5.56 Å². The van der Waals surface area contributed by atoms with E-state index in [4.69, 9.17) is 9.47 Å². The number of nitrogens with zero attached hydrogens (tertiary/aromatic N) is 1. The molecular formula is C20H23BrFNO3S. The number of hydrogen-bond donors (Lipinski definition) is 0. The molecule has 2 aromatic carbocycles. The average molecular weight is 456 g/mol. The van der Waals surface area contributed by atoms with Crippen LogP contribution in [0, 0.1) is 5.82 Å². The van der Waals surface area contributed by atoms with Crippen LogP contribution in [0.25, 0.3) is 0 Å². The van der Waals surface area contributed by atoms with Crippen molar-refractivity contribution in [3.05, 3.63) is 63.9 Å². The van der Waals surface area contributed by atoms with Gasteiger partial charge in [0.05, 0.1) is 19.9 Å². The van der Waals surface area contributed by atoms with E-state index in [1.165, 1.54) is 12.3 Å². The third-order valence-electron chi connectivity index (χ3n) is 3.67. The van der Waals surface area contributed by atoms with Crippen LogP contribution in [0.5, 0.6) is 5.75 Å². The van der Waals surface area contributed by atoms with Gasteiger partial charge in [0.25, 0.3) is 0 Å². The second-order valence-corrected chi connectivity index (χ2v) is 9.71. The maximum absolute atomic E-state index is 14.3. The second-order valence-electron chi connectivity index (χ2n) is 6.86. The van der Waals surface area contributed by atoms with E-state index in [9.17, 15) is 8.94 Å². The van der Waals surface area contributed by atoms with Crippen molar-refractivity contribution >= 4 is 33.5 Å². The van der Waals surface area contributed by atoms with Crippen molar-refractivity contribution in [1.29, 1.82) is 0 Å². The minimum atomic E-state index is -1.46. The summed E-state index contributed by atoms with van der Waals surface area (Å²) in [6.45, 7) is 5.73. The Morgan fingerprint density at radius 3 is 2.48 bits per heavy atom. The fraction of sp³-hybridized carbons (Fsp3) is 0.350. The smallest absolute Gasteiger partial charge is 0.144 e. The molecule has 0 heterocycles. The van der Waals surface area contributed by atoms with Gasteiger partial charge in [-0.1, -0.05) is 32.5 Å². The van der Waals surface area contributed by atoms with Gasteiger partial charge in [0, 0.05) is 10.0 Å². The van der Waals surface area contributed by atoms with Crippen molar-refractivity contribution in [2.45, 2.75) is 38.2 Å². The zero-order valence-electron chi connectivity index (χ0n) is 15.7. The first-order valence-electron chi connectivity index (χ1n) is 8.36. The highest BCUT2D eigenvalue weighted by atomic mass is 79.9. The van der Waals surface area contributed by atoms with Crippen LogP contribution in [0.4, 0.5) is 4.39 Å². The molecule has 0 N–H and O–H groups in total. The first-order chi connectivity index (χ1) is 12.7. The Kier molecular flexibility index (Phi) is 7.85. The molecule has 2 unspecified atom stereocenters. The number of halogens is 2. The first-order valence-corrected chi connectivity index (χ1v) is 10.3. The molecule has 0 aliphatic heterocycles. The Morgan fingerprint density at radius 1 is 1.22 bits per heavy atom. The first kappa shape index (κ1) is 21.9. The van der Waals surface area contributed by atoms with Crippen LogP contribution in [0.1, 0.15) is 38.0 Å². The van der Waals surface area contributed by atoms with Crippen LogP contribution in [0.15, 0.2) is 51.3 Å².